The number of hydrogen-bond donors (Lipinski definition) is 2. The van der Waals surface area contributed by atoms with Crippen LogP contribution in [0.4, 0.5) is 4.79 Å². The molecule has 1 unspecified atom stereocenters. The first-order valence-corrected chi connectivity index (χ1v) is 8.63. The van der Waals surface area contributed by atoms with Crippen LogP contribution >= 0.6 is 0 Å². The second kappa shape index (κ2) is 7.55. The minimum atomic E-state index is -0.116. The third-order valence-corrected chi connectivity index (χ3v) is 4.79. The number of urea groups is 1. The van der Waals surface area contributed by atoms with Gasteiger partial charge in [0.05, 0.1) is 13.2 Å². The van der Waals surface area contributed by atoms with Crippen molar-refractivity contribution in [3.8, 4) is 5.75 Å². The van der Waals surface area contributed by atoms with Crippen molar-refractivity contribution >= 4 is 6.03 Å². The van der Waals surface area contributed by atoms with Gasteiger partial charge in [0.2, 0.25) is 0 Å². The lowest BCUT2D eigenvalue weighted by molar-refractivity contribution is 0.177. The Morgan fingerprint density at radius 1 is 1.40 bits per heavy atom. The van der Waals surface area contributed by atoms with Gasteiger partial charge >= 0.3 is 6.03 Å². The van der Waals surface area contributed by atoms with Crippen LogP contribution in [0.5, 0.6) is 5.75 Å². The number of nitrogens with one attached hydrogen (secondary N) is 2. The summed E-state index contributed by atoms with van der Waals surface area (Å²) in [5.74, 6) is 2.06. The molecule has 1 aliphatic rings. The second-order valence-corrected chi connectivity index (χ2v) is 6.55. The molecule has 7 heteroatoms. The van der Waals surface area contributed by atoms with Crippen molar-refractivity contribution in [2.75, 3.05) is 20.2 Å². The first-order valence-electron chi connectivity index (χ1n) is 8.63. The highest BCUT2D eigenvalue weighted by molar-refractivity contribution is 5.75. The van der Waals surface area contributed by atoms with E-state index in [1.54, 1.807) is 7.11 Å². The third kappa shape index (κ3) is 3.92. The van der Waals surface area contributed by atoms with Crippen molar-refractivity contribution in [3.63, 3.8) is 0 Å². The quantitative estimate of drug-likeness (QED) is 0.894. The molecule has 2 heterocycles. The van der Waals surface area contributed by atoms with Gasteiger partial charge < -0.3 is 15.0 Å². The number of piperidine rings is 1. The number of methoxy groups -OCH3 is 1. The van der Waals surface area contributed by atoms with Gasteiger partial charge in [-0.25, -0.2) is 9.78 Å². The molecule has 0 radical (unpaired) electrons. The fourth-order valence-electron chi connectivity index (χ4n) is 3.31. The van der Waals surface area contributed by atoms with Crippen molar-refractivity contribution in [1.29, 1.82) is 0 Å². The molecule has 0 aliphatic carbocycles. The van der Waals surface area contributed by atoms with E-state index in [0.29, 0.717) is 5.92 Å². The van der Waals surface area contributed by atoms with Crippen LogP contribution in [0.2, 0.25) is 0 Å². The first-order chi connectivity index (χ1) is 12.1. The number of nitrogens with zero attached hydrogens (tertiary/aromatic N) is 3. The molecule has 1 fully saturated rings. The highest BCUT2D eigenvalue weighted by Gasteiger charge is 2.26. The summed E-state index contributed by atoms with van der Waals surface area (Å²) in [5, 5.41) is 9.92. The number of benzene rings is 1. The summed E-state index contributed by atoms with van der Waals surface area (Å²) in [7, 11) is 1.65. The van der Waals surface area contributed by atoms with Gasteiger partial charge in [-0.2, -0.15) is 5.10 Å². The minimum absolute atomic E-state index is 0.0351. The van der Waals surface area contributed by atoms with Gasteiger partial charge in [-0.05, 0) is 32.8 Å². The molecule has 2 aromatic rings. The Morgan fingerprint density at radius 2 is 2.16 bits per heavy atom. The van der Waals surface area contributed by atoms with Crippen molar-refractivity contribution in [3.05, 3.63) is 41.5 Å². The molecule has 134 valence electrons. The lowest BCUT2D eigenvalue weighted by Crippen LogP contribution is -2.45. The molecule has 1 saturated heterocycles. The van der Waals surface area contributed by atoms with Crippen molar-refractivity contribution in [1.82, 2.24) is 25.4 Å². The molecular weight excluding hydrogens is 318 g/mol. The number of carbonyl (C=O) groups is 1. The predicted octanol–water partition coefficient (Wildman–Crippen LogP) is 2.77. The molecule has 1 aliphatic heterocycles. The van der Waals surface area contributed by atoms with E-state index in [-0.39, 0.29) is 12.1 Å². The second-order valence-electron chi connectivity index (χ2n) is 6.55. The van der Waals surface area contributed by atoms with Crippen molar-refractivity contribution < 1.29 is 9.53 Å². The molecule has 0 bridgehead atoms. The van der Waals surface area contributed by atoms with E-state index in [9.17, 15) is 4.79 Å². The number of aromatic nitrogens is 3. The Kier molecular flexibility index (Phi) is 5.21. The highest BCUT2D eigenvalue weighted by Crippen LogP contribution is 2.28. The zero-order valence-corrected chi connectivity index (χ0v) is 15.0. The summed E-state index contributed by atoms with van der Waals surface area (Å²) in [6.07, 6.45) is 3.32. The first kappa shape index (κ1) is 17.3. The average molecular weight is 343 g/mol. The van der Waals surface area contributed by atoms with Crippen LogP contribution < -0.4 is 10.1 Å². The monoisotopic (exact) mass is 343 g/mol. The van der Waals surface area contributed by atoms with Crippen LogP contribution in [0.1, 0.15) is 48.7 Å². The Morgan fingerprint density at radius 3 is 2.80 bits per heavy atom. The van der Waals surface area contributed by atoms with Gasteiger partial charge in [0.25, 0.3) is 0 Å². The summed E-state index contributed by atoms with van der Waals surface area (Å²) in [6.45, 7) is 5.45. The number of ether oxygens (including phenoxy) is 1. The Bertz CT molecular complexity index is 708. The van der Waals surface area contributed by atoms with Crippen molar-refractivity contribution in [2.45, 2.75) is 38.6 Å². The molecule has 1 atom stereocenters. The molecule has 2 amide bonds. The third-order valence-electron chi connectivity index (χ3n) is 4.79. The standard InChI is InChI=1S/C18H25N5O2/c1-12-4-5-16(25-3)15(10-12)13(2)21-18(24)23-8-6-14(7-9-23)17-19-11-20-22-17/h4-5,10-11,13-14H,6-9H2,1-3H3,(H,21,24)(H,19,20,22). The van der Waals surface area contributed by atoms with Gasteiger partial charge in [0, 0.05) is 24.6 Å². The fraction of sp³-hybridized carbons (Fsp3) is 0.500. The maximum absolute atomic E-state index is 12.6. The maximum Gasteiger partial charge on any atom is 0.317 e. The smallest absolute Gasteiger partial charge is 0.317 e. The fourth-order valence-corrected chi connectivity index (χ4v) is 3.31. The summed E-state index contributed by atoms with van der Waals surface area (Å²) in [6, 6.07) is 5.85. The largest absolute Gasteiger partial charge is 0.496 e. The molecule has 0 spiro atoms. The van der Waals surface area contributed by atoms with E-state index in [4.69, 9.17) is 4.74 Å². The Hall–Kier alpha value is -2.57. The van der Waals surface area contributed by atoms with E-state index in [1.165, 1.54) is 6.33 Å². The normalized spacial score (nSPS) is 16.5. The van der Waals surface area contributed by atoms with Gasteiger partial charge in [0.15, 0.2) is 0 Å². The van der Waals surface area contributed by atoms with Crippen LogP contribution in [-0.2, 0) is 0 Å². The summed E-state index contributed by atoms with van der Waals surface area (Å²) < 4.78 is 5.42. The predicted molar refractivity (Wildman–Crippen MR) is 94.6 cm³/mol. The molecular formula is C18H25N5O2. The minimum Gasteiger partial charge on any atom is -0.496 e. The van der Waals surface area contributed by atoms with E-state index in [1.807, 2.05) is 30.9 Å². The van der Waals surface area contributed by atoms with Gasteiger partial charge in [-0.15, -0.1) is 0 Å². The van der Waals surface area contributed by atoms with E-state index < -0.39 is 0 Å². The topological polar surface area (TPSA) is 83.1 Å². The molecule has 3 rings (SSSR count). The number of carbonyl (C=O) groups excluding carboxylic acids is 1. The molecule has 7 nitrogen and oxygen atoms in total. The number of rotatable bonds is 4. The zero-order valence-electron chi connectivity index (χ0n) is 15.0. The summed E-state index contributed by atoms with van der Waals surface area (Å²) >= 11 is 0. The van der Waals surface area contributed by atoms with Crippen LogP contribution in [0.15, 0.2) is 24.5 Å². The lowest BCUT2D eigenvalue weighted by Gasteiger charge is -2.32. The zero-order chi connectivity index (χ0) is 17.8. The van der Waals surface area contributed by atoms with Gasteiger partial charge in [-0.3, -0.25) is 5.10 Å². The number of hydrogen-bond acceptors (Lipinski definition) is 4. The molecule has 0 saturated carbocycles. The summed E-state index contributed by atoms with van der Waals surface area (Å²) in [5.41, 5.74) is 2.14. The number of aryl methyl sites for hydroxylation is 1. The number of H-pyrrole nitrogens is 1. The molecule has 25 heavy (non-hydrogen) atoms. The molecule has 1 aromatic heterocycles. The summed E-state index contributed by atoms with van der Waals surface area (Å²) in [4.78, 5) is 18.7. The average Bonchev–Trinajstić information content (AvgIpc) is 3.16. The van der Waals surface area contributed by atoms with E-state index in [0.717, 1.165) is 48.6 Å². The van der Waals surface area contributed by atoms with E-state index >= 15 is 0 Å². The van der Waals surface area contributed by atoms with Gasteiger partial charge in [-0.1, -0.05) is 17.7 Å². The Labute approximate surface area is 147 Å². The molecule has 1 aromatic carbocycles. The highest BCUT2D eigenvalue weighted by atomic mass is 16.5. The molecule has 2 N–H and O–H groups in total. The maximum atomic E-state index is 12.6. The number of likely N-dealkylation sites (tertiary alicyclic amines) is 1. The van der Waals surface area contributed by atoms with Crippen molar-refractivity contribution in [2.24, 2.45) is 0 Å². The van der Waals surface area contributed by atoms with Crippen LogP contribution in [0.3, 0.4) is 0 Å². The van der Waals surface area contributed by atoms with Crippen LogP contribution in [-0.4, -0.2) is 46.3 Å². The van der Waals surface area contributed by atoms with Gasteiger partial charge in [0.1, 0.15) is 17.9 Å². The number of amides is 2. The van der Waals surface area contributed by atoms with E-state index in [2.05, 4.69) is 26.6 Å². The SMILES string of the molecule is COc1ccc(C)cc1C(C)NC(=O)N1CCC(c2ncn[nH]2)CC1. The van der Waals surface area contributed by atoms with Crippen LogP contribution in [0.25, 0.3) is 0 Å². The van der Waals surface area contributed by atoms with Crippen LogP contribution in [0, 0.1) is 6.92 Å². The Balaban J connectivity index is 1.58. The lowest BCUT2D eigenvalue weighted by atomic mass is 9.96. The number of aromatic amines is 1.